The summed E-state index contributed by atoms with van der Waals surface area (Å²) in [7, 11) is 1.82. The third-order valence-corrected chi connectivity index (χ3v) is 7.90. The molecule has 2 fully saturated rings. The number of aryl methyl sites for hydroxylation is 1. The SMILES string of the molecule is Cn1ccc(-c2cc([C@@H]3O[C@H](COc4ccc5ccc(NC6CCOCC6)nc5c4)[C@@H](O)[C@H]3O)n3ncnc(N)c23)n1. The highest BCUT2D eigenvalue weighted by Gasteiger charge is 2.45. The Morgan fingerprint density at radius 3 is 2.74 bits per heavy atom. The monoisotopic (exact) mass is 572 g/mol. The van der Waals surface area contributed by atoms with Gasteiger partial charge in [-0.2, -0.15) is 10.2 Å². The summed E-state index contributed by atoms with van der Waals surface area (Å²) < 4.78 is 20.9. The second-order valence-corrected chi connectivity index (χ2v) is 10.7. The van der Waals surface area contributed by atoms with E-state index in [1.54, 1.807) is 9.20 Å². The molecule has 0 bridgehead atoms. The van der Waals surface area contributed by atoms with E-state index in [-0.39, 0.29) is 12.4 Å². The van der Waals surface area contributed by atoms with E-state index in [0.29, 0.717) is 34.3 Å². The lowest BCUT2D eigenvalue weighted by Gasteiger charge is -2.23. The van der Waals surface area contributed by atoms with Gasteiger partial charge in [-0.05, 0) is 49.2 Å². The van der Waals surface area contributed by atoms with Gasteiger partial charge in [-0.15, -0.1) is 0 Å². The number of nitrogen functional groups attached to an aromatic ring is 1. The van der Waals surface area contributed by atoms with Crippen molar-refractivity contribution in [2.75, 3.05) is 30.9 Å². The van der Waals surface area contributed by atoms with Crippen LogP contribution in [0.2, 0.25) is 0 Å². The van der Waals surface area contributed by atoms with Gasteiger partial charge in [0.25, 0.3) is 0 Å². The standard InChI is InChI=1S/C29H32N8O5/c1-36-9-6-20(35-36)19-13-22(37-25(19)29(30)31-15-32-37)28-27(39)26(38)23(42-28)14-41-18-4-2-16-3-5-24(34-21(16)12-18)33-17-7-10-40-11-8-17/h2-6,9,12-13,15,17,23,26-28,38-39H,7-8,10-11,14H2,1H3,(H,33,34)(H2,30,31,32)/t23-,26-,27-,28+/m1/s1. The average molecular weight is 573 g/mol. The summed E-state index contributed by atoms with van der Waals surface area (Å²) in [6, 6.07) is 13.7. The van der Waals surface area contributed by atoms with E-state index in [4.69, 9.17) is 24.9 Å². The Hall–Kier alpha value is -4.30. The van der Waals surface area contributed by atoms with Crippen molar-refractivity contribution >= 4 is 28.1 Å². The van der Waals surface area contributed by atoms with Crippen molar-refractivity contribution in [2.24, 2.45) is 7.05 Å². The summed E-state index contributed by atoms with van der Waals surface area (Å²) in [5.41, 5.74) is 9.44. The Bertz CT molecular complexity index is 1730. The highest BCUT2D eigenvalue weighted by Crippen LogP contribution is 2.39. The summed E-state index contributed by atoms with van der Waals surface area (Å²) in [5.74, 6) is 1.65. The molecule has 0 aliphatic carbocycles. The lowest BCUT2D eigenvalue weighted by Crippen LogP contribution is -2.34. The molecule has 0 spiro atoms. The minimum absolute atomic E-state index is 0.0216. The van der Waals surface area contributed by atoms with Crippen LogP contribution >= 0.6 is 0 Å². The number of aliphatic hydroxyl groups excluding tert-OH is 2. The number of nitrogens with one attached hydrogen (secondary N) is 1. The fourth-order valence-electron chi connectivity index (χ4n) is 5.68. The van der Waals surface area contributed by atoms with Gasteiger partial charge in [-0.25, -0.2) is 14.5 Å². The van der Waals surface area contributed by atoms with Crippen LogP contribution in [0.1, 0.15) is 24.6 Å². The molecule has 13 nitrogen and oxygen atoms in total. The number of fused-ring (bicyclic) bond motifs is 2. The number of pyridine rings is 1. The van der Waals surface area contributed by atoms with Crippen LogP contribution in [0.25, 0.3) is 27.7 Å². The molecule has 0 amide bonds. The molecule has 13 heteroatoms. The van der Waals surface area contributed by atoms with Gasteiger partial charge in [0.2, 0.25) is 0 Å². The van der Waals surface area contributed by atoms with Gasteiger partial charge in [0.05, 0.1) is 16.9 Å². The minimum atomic E-state index is -1.22. The Labute approximate surface area is 240 Å². The number of benzene rings is 1. The average Bonchev–Trinajstić information content (AvgIpc) is 3.68. The van der Waals surface area contributed by atoms with E-state index in [1.807, 2.05) is 55.7 Å². The number of ether oxygens (including phenoxy) is 3. The number of anilines is 2. The molecule has 2 saturated heterocycles. The predicted molar refractivity (Wildman–Crippen MR) is 154 cm³/mol. The van der Waals surface area contributed by atoms with Gasteiger partial charge >= 0.3 is 0 Å². The molecule has 5 aromatic rings. The molecule has 0 unspecified atom stereocenters. The maximum Gasteiger partial charge on any atom is 0.152 e. The molecular weight excluding hydrogens is 540 g/mol. The first kappa shape index (κ1) is 26.6. The fraction of sp³-hybridized carbons (Fsp3) is 0.379. The molecule has 0 saturated carbocycles. The largest absolute Gasteiger partial charge is 0.491 e. The molecule has 4 aromatic heterocycles. The van der Waals surface area contributed by atoms with Crippen LogP contribution in [0, 0.1) is 0 Å². The third-order valence-electron chi connectivity index (χ3n) is 7.90. The zero-order valence-corrected chi connectivity index (χ0v) is 23.0. The zero-order chi connectivity index (χ0) is 28.8. The van der Waals surface area contributed by atoms with E-state index >= 15 is 0 Å². The van der Waals surface area contributed by atoms with Crippen molar-refractivity contribution in [3.05, 3.63) is 60.7 Å². The van der Waals surface area contributed by atoms with Crippen molar-refractivity contribution in [3.63, 3.8) is 0 Å². The van der Waals surface area contributed by atoms with E-state index in [9.17, 15) is 10.2 Å². The van der Waals surface area contributed by atoms with Gasteiger partial charge < -0.3 is 35.5 Å². The topological polar surface area (TPSA) is 167 Å². The second-order valence-electron chi connectivity index (χ2n) is 10.7. The molecule has 7 rings (SSSR count). The molecular formula is C29H32N8O5. The molecule has 2 aliphatic heterocycles. The fourth-order valence-corrected chi connectivity index (χ4v) is 5.68. The van der Waals surface area contributed by atoms with Gasteiger partial charge in [-0.3, -0.25) is 4.68 Å². The van der Waals surface area contributed by atoms with Crippen LogP contribution in [0.15, 0.2) is 55.0 Å². The first-order valence-corrected chi connectivity index (χ1v) is 14.0. The third kappa shape index (κ3) is 4.90. The van der Waals surface area contributed by atoms with Crippen LogP contribution in [0.5, 0.6) is 5.75 Å². The van der Waals surface area contributed by atoms with E-state index in [1.165, 1.54) is 6.33 Å². The second kappa shape index (κ2) is 10.8. The molecule has 0 radical (unpaired) electrons. The Morgan fingerprint density at radius 1 is 1.10 bits per heavy atom. The van der Waals surface area contributed by atoms with E-state index in [2.05, 4.69) is 20.5 Å². The van der Waals surface area contributed by atoms with Gasteiger partial charge in [0.1, 0.15) is 54.4 Å². The summed E-state index contributed by atoms with van der Waals surface area (Å²) in [6.07, 6.45) is 0.969. The van der Waals surface area contributed by atoms with Crippen LogP contribution in [0.4, 0.5) is 11.6 Å². The first-order valence-electron chi connectivity index (χ1n) is 14.0. The van der Waals surface area contributed by atoms with Crippen LogP contribution < -0.4 is 15.8 Å². The summed E-state index contributed by atoms with van der Waals surface area (Å²) >= 11 is 0. The summed E-state index contributed by atoms with van der Waals surface area (Å²) in [5, 5.41) is 35.3. The maximum absolute atomic E-state index is 11.0. The van der Waals surface area contributed by atoms with E-state index in [0.717, 1.165) is 42.8 Å². The number of hydrogen-bond donors (Lipinski definition) is 4. The van der Waals surface area contributed by atoms with Gasteiger partial charge in [-0.1, -0.05) is 0 Å². The molecule has 2 aliphatic rings. The molecule has 218 valence electrons. The first-order chi connectivity index (χ1) is 20.4. The molecule has 5 N–H and O–H groups in total. The lowest BCUT2D eigenvalue weighted by molar-refractivity contribution is -0.0187. The highest BCUT2D eigenvalue weighted by molar-refractivity contribution is 5.87. The summed E-state index contributed by atoms with van der Waals surface area (Å²) in [6.45, 7) is 1.53. The Kier molecular flexibility index (Phi) is 6.86. The highest BCUT2D eigenvalue weighted by atomic mass is 16.6. The van der Waals surface area contributed by atoms with Crippen molar-refractivity contribution in [1.82, 2.24) is 29.4 Å². The summed E-state index contributed by atoms with van der Waals surface area (Å²) in [4.78, 5) is 8.90. The van der Waals surface area contributed by atoms with Crippen molar-refractivity contribution in [2.45, 2.75) is 43.3 Å². The number of nitrogens with two attached hydrogens (primary N) is 1. The van der Waals surface area contributed by atoms with Crippen LogP contribution in [0.3, 0.4) is 0 Å². The molecule has 6 heterocycles. The van der Waals surface area contributed by atoms with Gasteiger partial charge in [0, 0.05) is 49.5 Å². The van der Waals surface area contributed by atoms with Crippen molar-refractivity contribution in [1.29, 1.82) is 0 Å². The van der Waals surface area contributed by atoms with Gasteiger partial charge in [0.15, 0.2) is 5.82 Å². The minimum Gasteiger partial charge on any atom is -0.491 e. The number of aliphatic hydroxyl groups is 2. The number of nitrogens with zero attached hydrogens (tertiary/aromatic N) is 6. The lowest BCUT2D eigenvalue weighted by atomic mass is 10.1. The van der Waals surface area contributed by atoms with E-state index < -0.39 is 24.4 Å². The normalized spacial score (nSPS) is 23.1. The van der Waals surface area contributed by atoms with Crippen molar-refractivity contribution in [3.8, 4) is 17.0 Å². The maximum atomic E-state index is 11.0. The quantitative estimate of drug-likeness (QED) is 0.225. The molecule has 42 heavy (non-hydrogen) atoms. The Morgan fingerprint density at radius 2 is 1.93 bits per heavy atom. The smallest absolute Gasteiger partial charge is 0.152 e. The number of rotatable bonds is 7. The van der Waals surface area contributed by atoms with Crippen molar-refractivity contribution < 1.29 is 24.4 Å². The van der Waals surface area contributed by atoms with Crippen LogP contribution in [-0.4, -0.2) is 83.7 Å². The molecule has 1 aromatic carbocycles. The Balaban J connectivity index is 1.09. The predicted octanol–water partition coefficient (Wildman–Crippen LogP) is 2.09. The zero-order valence-electron chi connectivity index (χ0n) is 23.0. The number of hydrogen-bond acceptors (Lipinski definition) is 11. The van der Waals surface area contributed by atoms with Crippen LogP contribution in [-0.2, 0) is 16.5 Å². The number of aromatic nitrogens is 6. The molecule has 4 atom stereocenters.